The van der Waals surface area contributed by atoms with E-state index in [2.05, 4.69) is 11.7 Å². The molecule has 1 atom stereocenters. The first-order valence-corrected chi connectivity index (χ1v) is 12.2. The van der Waals surface area contributed by atoms with Crippen molar-refractivity contribution in [2.45, 2.75) is 108 Å². The van der Waals surface area contributed by atoms with E-state index in [1.165, 1.54) is 18.9 Å². The van der Waals surface area contributed by atoms with Crippen LogP contribution in [0.5, 0.6) is 5.75 Å². The number of ether oxygens (including phenoxy) is 2. The van der Waals surface area contributed by atoms with Crippen molar-refractivity contribution >= 4 is 0 Å². The number of alkyl halides is 6. The molecule has 0 heterocycles. The molecule has 0 amide bonds. The van der Waals surface area contributed by atoms with Gasteiger partial charge in [-0.2, -0.15) is 22.0 Å². The second-order valence-electron chi connectivity index (χ2n) is 9.80. The van der Waals surface area contributed by atoms with Gasteiger partial charge in [0.25, 0.3) is 6.17 Å². The molecule has 0 radical (unpaired) electrons. The van der Waals surface area contributed by atoms with Crippen LogP contribution in [0.1, 0.15) is 83.1 Å². The highest BCUT2D eigenvalue weighted by Crippen LogP contribution is 2.43. The topological polar surface area (TPSA) is 18.5 Å². The molecule has 0 spiro atoms. The first-order valence-electron chi connectivity index (χ1n) is 12.2. The van der Waals surface area contributed by atoms with Gasteiger partial charge in [0.1, 0.15) is 0 Å². The summed E-state index contributed by atoms with van der Waals surface area (Å²) in [5.41, 5.74) is 0.0299. The van der Waals surface area contributed by atoms with Crippen molar-refractivity contribution in [1.82, 2.24) is 0 Å². The lowest BCUT2D eigenvalue weighted by molar-refractivity contribution is -0.305. The fourth-order valence-electron chi connectivity index (χ4n) is 5.32. The quantitative estimate of drug-likeness (QED) is 0.319. The summed E-state index contributed by atoms with van der Waals surface area (Å²) in [6.07, 6.45) is -4.66. The van der Waals surface area contributed by atoms with Crippen LogP contribution in [-0.4, -0.2) is 31.2 Å². The van der Waals surface area contributed by atoms with Crippen LogP contribution in [-0.2, 0) is 10.2 Å². The fraction of sp³-hybridized carbons (Fsp3) is 0.760. The maximum absolute atomic E-state index is 14.7. The van der Waals surface area contributed by atoms with E-state index in [0.717, 1.165) is 75.8 Å². The van der Waals surface area contributed by atoms with Gasteiger partial charge in [0.05, 0.1) is 12.7 Å². The van der Waals surface area contributed by atoms with Crippen LogP contribution in [0.2, 0.25) is 0 Å². The summed E-state index contributed by atoms with van der Waals surface area (Å²) in [6.45, 7) is 2.55. The number of hydrogen-bond donors (Lipinski definition) is 0. The van der Waals surface area contributed by atoms with Gasteiger partial charge in [0, 0.05) is 5.41 Å². The van der Waals surface area contributed by atoms with Gasteiger partial charge in [0.15, 0.2) is 11.6 Å². The molecule has 194 valence electrons. The summed E-state index contributed by atoms with van der Waals surface area (Å²) in [5.74, 6) is -1.65. The van der Waals surface area contributed by atoms with E-state index in [-0.39, 0.29) is 6.10 Å². The van der Waals surface area contributed by atoms with Crippen LogP contribution in [0.25, 0.3) is 0 Å². The minimum Gasteiger partial charge on any atom is -0.427 e. The average Bonchev–Trinajstić information content (AvgIpc) is 2.79. The first-order chi connectivity index (χ1) is 16.0. The third-order valence-electron chi connectivity index (χ3n) is 7.27. The molecule has 0 aliphatic heterocycles. The Bertz CT molecular complexity index is 782. The van der Waals surface area contributed by atoms with Crippen molar-refractivity contribution in [3.63, 3.8) is 0 Å². The van der Waals surface area contributed by atoms with Gasteiger partial charge in [-0.25, -0.2) is 8.78 Å². The molecule has 0 aromatic heterocycles. The minimum atomic E-state index is -5.83. The highest BCUT2D eigenvalue weighted by molar-refractivity contribution is 5.35. The molecule has 2 nitrogen and oxygen atoms in total. The summed E-state index contributed by atoms with van der Waals surface area (Å²) in [7, 11) is 0. The molecule has 34 heavy (non-hydrogen) atoms. The van der Waals surface area contributed by atoms with E-state index in [9.17, 15) is 30.7 Å². The third-order valence-corrected chi connectivity index (χ3v) is 7.27. The molecular formula is C25H33F7O2. The average molecular weight is 499 g/mol. The summed E-state index contributed by atoms with van der Waals surface area (Å²) >= 11 is 0. The second kappa shape index (κ2) is 11.0. The van der Waals surface area contributed by atoms with E-state index >= 15 is 0 Å². The van der Waals surface area contributed by atoms with Crippen molar-refractivity contribution in [3.05, 3.63) is 29.6 Å². The SMILES string of the molecule is CCCC1CCC(OCC2(c3ccc(OC(F)(F)C(F)C(F)(F)F)c(F)c3)CCCCC2)CC1. The Morgan fingerprint density at radius 1 is 1.00 bits per heavy atom. The maximum atomic E-state index is 14.7. The molecule has 0 saturated heterocycles. The Hall–Kier alpha value is -1.51. The lowest BCUT2D eigenvalue weighted by atomic mass is 9.70. The molecule has 1 unspecified atom stereocenters. The number of rotatable bonds is 9. The molecular weight excluding hydrogens is 465 g/mol. The Morgan fingerprint density at radius 3 is 2.21 bits per heavy atom. The predicted octanol–water partition coefficient (Wildman–Crippen LogP) is 8.28. The number of benzene rings is 1. The lowest BCUT2D eigenvalue weighted by Crippen LogP contribution is -2.45. The van der Waals surface area contributed by atoms with Crippen molar-refractivity contribution in [2.75, 3.05) is 6.61 Å². The first kappa shape index (κ1) is 27.1. The van der Waals surface area contributed by atoms with E-state index in [4.69, 9.17) is 4.74 Å². The molecule has 0 bridgehead atoms. The minimum absolute atomic E-state index is 0.127. The van der Waals surface area contributed by atoms with Gasteiger partial charge in [-0.1, -0.05) is 45.1 Å². The Kier molecular flexibility index (Phi) is 8.80. The van der Waals surface area contributed by atoms with Crippen molar-refractivity contribution in [1.29, 1.82) is 0 Å². The predicted molar refractivity (Wildman–Crippen MR) is 114 cm³/mol. The normalized spacial score (nSPS) is 24.6. The zero-order valence-corrected chi connectivity index (χ0v) is 19.4. The van der Waals surface area contributed by atoms with Crippen molar-refractivity contribution in [2.24, 2.45) is 5.92 Å². The molecule has 2 saturated carbocycles. The van der Waals surface area contributed by atoms with Gasteiger partial charge in [0.2, 0.25) is 0 Å². The van der Waals surface area contributed by atoms with Crippen LogP contribution in [0.4, 0.5) is 30.7 Å². The summed E-state index contributed by atoms with van der Waals surface area (Å²) in [6, 6.07) is 3.25. The summed E-state index contributed by atoms with van der Waals surface area (Å²) < 4.78 is 102. The van der Waals surface area contributed by atoms with Crippen LogP contribution < -0.4 is 4.74 Å². The Morgan fingerprint density at radius 2 is 1.65 bits per heavy atom. The van der Waals surface area contributed by atoms with Crippen molar-refractivity contribution < 1.29 is 40.2 Å². The zero-order valence-electron chi connectivity index (χ0n) is 19.4. The van der Waals surface area contributed by atoms with Crippen LogP contribution in [0.3, 0.4) is 0 Å². The van der Waals surface area contributed by atoms with E-state index in [1.54, 1.807) is 0 Å². The monoisotopic (exact) mass is 498 g/mol. The molecule has 2 aliphatic carbocycles. The standard InChI is InChI=1S/C25H33F7O2/c1-2-6-17-7-10-19(11-8-17)33-16-23(13-4-3-5-14-23)18-9-12-21(20(26)15-18)34-25(31,32)22(27)24(28,29)30/h9,12,15,17,19,22H,2-8,10-11,13-14,16H2,1H3. The van der Waals surface area contributed by atoms with Gasteiger partial charge < -0.3 is 9.47 Å². The van der Waals surface area contributed by atoms with Gasteiger partial charge in [-0.3, -0.25) is 0 Å². The van der Waals surface area contributed by atoms with Crippen LogP contribution in [0.15, 0.2) is 18.2 Å². The fourth-order valence-corrected chi connectivity index (χ4v) is 5.32. The Balaban J connectivity index is 1.71. The smallest absolute Gasteiger partial charge is 0.427 e. The van der Waals surface area contributed by atoms with Crippen LogP contribution >= 0.6 is 0 Å². The molecule has 0 N–H and O–H groups in total. The summed E-state index contributed by atoms with van der Waals surface area (Å²) in [4.78, 5) is 0. The lowest BCUT2D eigenvalue weighted by Gasteiger charge is -2.40. The molecule has 2 fully saturated rings. The molecule has 2 aliphatic rings. The van der Waals surface area contributed by atoms with Crippen LogP contribution in [0, 0.1) is 11.7 Å². The summed E-state index contributed by atoms with van der Waals surface area (Å²) in [5, 5.41) is 0. The largest absolute Gasteiger partial charge is 0.439 e. The van der Waals surface area contributed by atoms with Crippen molar-refractivity contribution in [3.8, 4) is 5.75 Å². The highest BCUT2D eigenvalue weighted by Gasteiger charge is 2.59. The molecule has 1 aromatic carbocycles. The molecule has 1 aromatic rings. The molecule has 9 heteroatoms. The maximum Gasteiger partial charge on any atom is 0.439 e. The van der Waals surface area contributed by atoms with E-state index < -0.39 is 35.4 Å². The van der Waals surface area contributed by atoms with E-state index in [0.29, 0.717) is 12.2 Å². The van der Waals surface area contributed by atoms with E-state index in [1.807, 2.05) is 0 Å². The number of hydrogen-bond acceptors (Lipinski definition) is 2. The Labute approximate surface area is 196 Å². The third kappa shape index (κ3) is 6.58. The number of halogens is 7. The van der Waals surface area contributed by atoms with Gasteiger partial charge in [-0.05, 0) is 62.1 Å². The molecule has 3 rings (SSSR count). The van der Waals surface area contributed by atoms with Gasteiger partial charge in [-0.15, -0.1) is 0 Å². The highest BCUT2D eigenvalue weighted by atomic mass is 19.4. The van der Waals surface area contributed by atoms with Gasteiger partial charge >= 0.3 is 12.3 Å². The zero-order chi connectivity index (χ0) is 25.0. The second-order valence-corrected chi connectivity index (χ2v) is 9.80.